The lowest BCUT2D eigenvalue weighted by molar-refractivity contribution is -0.146. The normalized spacial score (nSPS) is 20.0. The third-order valence-corrected chi connectivity index (χ3v) is 5.01. The number of benzene rings is 1. The van der Waals surface area contributed by atoms with Gasteiger partial charge in [-0.25, -0.2) is 4.68 Å². The molecule has 2 aliphatic heterocycles. The molecule has 0 unspecified atom stereocenters. The molecular weight excluding hydrogens is 320 g/mol. The molecule has 2 aliphatic rings. The molecule has 132 valence electrons. The van der Waals surface area contributed by atoms with E-state index in [0.29, 0.717) is 38.6 Å². The summed E-state index contributed by atoms with van der Waals surface area (Å²) < 4.78 is 13.1. The molecule has 0 N–H and O–H groups in total. The lowest BCUT2D eigenvalue weighted by atomic mass is 9.92. The third kappa shape index (κ3) is 3.17. The van der Waals surface area contributed by atoms with Gasteiger partial charge in [0, 0.05) is 32.6 Å². The molecular formula is C18H22N4O3. The second-order valence-electron chi connectivity index (χ2n) is 6.71. The Hall–Kier alpha value is -2.25. The van der Waals surface area contributed by atoms with Gasteiger partial charge in [0.1, 0.15) is 0 Å². The van der Waals surface area contributed by atoms with Gasteiger partial charge in [0.05, 0.1) is 30.6 Å². The van der Waals surface area contributed by atoms with E-state index in [4.69, 9.17) is 9.47 Å². The number of ether oxygens (including phenoxy) is 2. The van der Waals surface area contributed by atoms with E-state index in [0.717, 1.165) is 24.1 Å². The molecule has 7 nitrogen and oxygen atoms in total. The molecule has 7 heteroatoms. The second kappa shape index (κ2) is 6.57. The van der Waals surface area contributed by atoms with E-state index in [1.54, 1.807) is 10.9 Å². The van der Waals surface area contributed by atoms with Crippen molar-refractivity contribution in [3.05, 3.63) is 41.7 Å². The number of aromatic nitrogens is 3. The minimum atomic E-state index is -0.266. The smallest absolute Gasteiger partial charge is 0.276 e. The Kier molecular flexibility index (Phi) is 4.27. The summed E-state index contributed by atoms with van der Waals surface area (Å²) in [5.41, 5.74) is 2.11. The monoisotopic (exact) mass is 342 g/mol. The molecule has 2 aromatic rings. The maximum atomic E-state index is 12.9. The van der Waals surface area contributed by atoms with Crippen LogP contribution in [0.15, 0.2) is 30.5 Å². The Morgan fingerprint density at radius 2 is 2.00 bits per heavy atom. The standard InChI is InChI=1S/C18H22N4O3/c1-14-4-2-3-5-16(14)22-12-15(19-20-22)17(23)21-8-11-25-18(13-21)6-9-24-10-7-18/h2-5,12H,6-11,13H2,1H3. The van der Waals surface area contributed by atoms with Crippen LogP contribution in [-0.4, -0.2) is 64.3 Å². The van der Waals surface area contributed by atoms with Crippen molar-refractivity contribution in [3.8, 4) is 5.69 Å². The molecule has 0 atom stereocenters. The molecule has 0 saturated carbocycles. The van der Waals surface area contributed by atoms with Crippen LogP contribution in [0.2, 0.25) is 0 Å². The molecule has 2 saturated heterocycles. The van der Waals surface area contributed by atoms with Crippen LogP contribution in [0.3, 0.4) is 0 Å². The summed E-state index contributed by atoms with van der Waals surface area (Å²) in [5.74, 6) is -0.0889. The molecule has 0 bridgehead atoms. The van der Waals surface area contributed by atoms with Crippen LogP contribution in [0.4, 0.5) is 0 Å². The predicted molar refractivity (Wildman–Crippen MR) is 90.7 cm³/mol. The average Bonchev–Trinajstić information content (AvgIpc) is 3.12. The minimum Gasteiger partial charge on any atom is -0.381 e. The highest BCUT2D eigenvalue weighted by molar-refractivity contribution is 5.92. The van der Waals surface area contributed by atoms with Gasteiger partial charge in [0.2, 0.25) is 0 Å². The van der Waals surface area contributed by atoms with Crippen LogP contribution in [0.5, 0.6) is 0 Å². The number of morpholine rings is 1. The molecule has 1 spiro atoms. The Morgan fingerprint density at radius 3 is 2.80 bits per heavy atom. The molecule has 1 aromatic heterocycles. The van der Waals surface area contributed by atoms with Gasteiger partial charge in [0.25, 0.3) is 5.91 Å². The van der Waals surface area contributed by atoms with E-state index in [1.165, 1.54) is 0 Å². The Balaban J connectivity index is 1.52. The lowest BCUT2D eigenvalue weighted by Gasteiger charge is -2.44. The third-order valence-electron chi connectivity index (χ3n) is 5.01. The molecule has 3 heterocycles. The molecule has 0 aliphatic carbocycles. The van der Waals surface area contributed by atoms with Gasteiger partial charge < -0.3 is 14.4 Å². The summed E-state index contributed by atoms with van der Waals surface area (Å²) in [4.78, 5) is 14.7. The highest BCUT2D eigenvalue weighted by atomic mass is 16.5. The zero-order chi connectivity index (χ0) is 17.3. The average molecular weight is 342 g/mol. The zero-order valence-corrected chi connectivity index (χ0v) is 14.4. The van der Waals surface area contributed by atoms with Gasteiger partial charge in [-0.1, -0.05) is 23.4 Å². The topological polar surface area (TPSA) is 69.5 Å². The van der Waals surface area contributed by atoms with Crippen LogP contribution in [0.1, 0.15) is 28.9 Å². The van der Waals surface area contributed by atoms with Gasteiger partial charge in [-0.3, -0.25) is 4.79 Å². The molecule has 1 aromatic carbocycles. The Morgan fingerprint density at radius 1 is 1.20 bits per heavy atom. The van der Waals surface area contributed by atoms with Crippen molar-refractivity contribution in [1.29, 1.82) is 0 Å². The second-order valence-corrected chi connectivity index (χ2v) is 6.71. The van der Waals surface area contributed by atoms with Gasteiger partial charge in [-0.05, 0) is 18.6 Å². The summed E-state index contributed by atoms with van der Waals surface area (Å²) >= 11 is 0. The number of carbonyl (C=O) groups excluding carboxylic acids is 1. The molecule has 2 fully saturated rings. The summed E-state index contributed by atoms with van der Waals surface area (Å²) in [6.07, 6.45) is 3.36. The van der Waals surface area contributed by atoms with Crippen LogP contribution in [-0.2, 0) is 9.47 Å². The lowest BCUT2D eigenvalue weighted by Crippen LogP contribution is -2.55. The fourth-order valence-corrected chi connectivity index (χ4v) is 3.53. The van der Waals surface area contributed by atoms with Gasteiger partial charge in [-0.15, -0.1) is 5.10 Å². The van der Waals surface area contributed by atoms with E-state index >= 15 is 0 Å². The van der Waals surface area contributed by atoms with E-state index in [2.05, 4.69) is 10.3 Å². The van der Waals surface area contributed by atoms with Gasteiger partial charge in [-0.2, -0.15) is 0 Å². The van der Waals surface area contributed by atoms with Crippen LogP contribution >= 0.6 is 0 Å². The number of para-hydroxylation sites is 1. The number of hydrogen-bond donors (Lipinski definition) is 0. The largest absolute Gasteiger partial charge is 0.381 e. The van der Waals surface area contributed by atoms with Crippen LogP contribution < -0.4 is 0 Å². The van der Waals surface area contributed by atoms with Gasteiger partial charge >= 0.3 is 0 Å². The fraction of sp³-hybridized carbons (Fsp3) is 0.500. The molecule has 1 amide bonds. The van der Waals surface area contributed by atoms with E-state index in [9.17, 15) is 4.79 Å². The predicted octanol–water partition coefficient (Wildman–Crippen LogP) is 1.60. The van der Waals surface area contributed by atoms with Crippen molar-refractivity contribution < 1.29 is 14.3 Å². The number of amides is 1. The van der Waals surface area contributed by atoms with Crippen molar-refractivity contribution in [1.82, 2.24) is 19.9 Å². The number of carbonyl (C=O) groups is 1. The SMILES string of the molecule is Cc1ccccc1-n1cc(C(=O)N2CCOC3(CCOCC3)C2)nn1. The first-order valence-electron chi connectivity index (χ1n) is 8.66. The van der Waals surface area contributed by atoms with Crippen LogP contribution in [0, 0.1) is 6.92 Å². The van der Waals surface area contributed by atoms with Crippen molar-refractivity contribution >= 4 is 5.91 Å². The van der Waals surface area contributed by atoms with E-state index in [-0.39, 0.29) is 11.5 Å². The van der Waals surface area contributed by atoms with Crippen molar-refractivity contribution in [2.24, 2.45) is 0 Å². The quantitative estimate of drug-likeness (QED) is 0.829. The Labute approximate surface area is 146 Å². The van der Waals surface area contributed by atoms with E-state index < -0.39 is 0 Å². The van der Waals surface area contributed by atoms with Gasteiger partial charge in [0.15, 0.2) is 5.69 Å². The maximum Gasteiger partial charge on any atom is 0.276 e. The Bertz CT molecular complexity index is 762. The summed E-state index contributed by atoms with van der Waals surface area (Å²) in [6.45, 7) is 5.11. The first kappa shape index (κ1) is 16.2. The number of aryl methyl sites for hydroxylation is 1. The summed E-state index contributed by atoms with van der Waals surface area (Å²) in [5, 5.41) is 8.23. The first-order valence-corrected chi connectivity index (χ1v) is 8.66. The minimum absolute atomic E-state index is 0.0889. The number of rotatable bonds is 2. The van der Waals surface area contributed by atoms with E-state index in [1.807, 2.05) is 36.1 Å². The maximum absolute atomic E-state index is 12.9. The highest BCUT2D eigenvalue weighted by Gasteiger charge is 2.40. The molecule has 0 radical (unpaired) electrons. The van der Waals surface area contributed by atoms with Crippen LogP contribution in [0.25, 0.3) is 5.69 Å². The fourth-order valence-electron chi connectivity index (χ4n) is 3.53. The molecule has 4 rings (SSSR count). The molecule has 25 heavy (non-hydrogen) atoms. The summed E-state index contributed by atoms with van der Waals surface area (Å²) in [7, 11) is 0. The van der Waals surface area contributed by atoms with Crippen molar-refractivity contribution in [3.63, 3.8) is 0 Å². The van der Waals surface area contributed by atoms with Crippen molar-refractivity contribution in [2.45, 2.75) is 25.4 Å². The number of hydrogen-bond acceptors (Lipinski definition) is 5. The zero-order valence-electron chi connectivity index (χ0n) is 14.4. The van der Waals surface area contributed by atoms with Crippen molar-refractivity contribution in [2.75, 3.05) is 32.9 Å². The first-order chi connectivity index (χ1) is 12.2. The summed E-state index contributed by atoms with van der Waals surface area (Å²) in [6, 6.07) is 7.89. The highest BCUT2D eigenvalue weighted by Crippen LogP contribution is 2.29. The number of nitrogens with zero attached hydrogens (tertiary/aromatic N) is 4.